The smallest absolute Gasteiger partial charge is 0.275 e. The molecule has 0 aliphatic heterocycles. The average molecular weight is 442 g/mol. The Labute approximate surface area is 184 Å². The van der Waals surface area contributed by atoms with Crippen molar-refractivity contribution in [2.24, 2.45) is 0 Å². The summed E-state index contributed by atoms with van der Waals surface area (Å²) in [6.45, 7) is 2.28. The van der Waals surface area contributed by atoms with Crippen molar-refractivity contribution in [3.8, 4) is 27.8 Å². The second-order valence-corrected chi connectivity index (χ2v) is 7.19. The molecule has 0 fully saturated rings. The summed E-state index contributed by atoms with van der Waals surface area (Å²) in [7, 11) is 3.14. The lowest BCUT2D eigenvalue weighted by Crippen LogP contribution is -2.28. The molecular formula is C22H23N3O5S. The third kappa shape index (κ3) is 5.73. The first-order chi connectivity index (χ1) is 15.0. The molecule has 8 nitrogen and oxygen atoms in total. The lowest BCUT2D eigenvalue weighted by Gasteiger charge is -2.09. The van der Waals surface area contributed by atoms with E-state index in [-0.39, 0.29) is 18.4 Å². The Morgan fingerprint density at radius 2 is 1.87 bits per heavy atom. The van der Waals surface area contributed by atoms with E-state index in [4.69, 9.17) is 14.2 Å². The van der Waals surface area contributed by atoms with E-state index in [9.17, 15) is 9.59 Å². The zero-order valence-electron chi connectivity index (χ0n) is 17.4. The van der Waals surface area contributed by atoms with Crippen LogP contribution >= 0.6 is 11.3 Å². The number of thiazole rings is 1. The Balaban J connectivity index is 1.68. The van der Waals surface area contributed by atoms with E-state index in [0.717, 1.165) is 5.56 Å². The lowest BCUT2D eigenvalue weighted by molar-refractivity contribution is -0.122. The molecule has 0 radical (unpaired) electrons. The van der Waals surface area contributed by atoms with E-state index >= 15 is 0 Å². The van der Waals surface area contributed by atoms with Gasteiger partial charge < -0.3 is 24.8 Å². The second-order valence-electron chi connectivity index (χ2n) is 6.33. The monoisotopic (exact) mass is 441 g/mol. The summed E-state index contributed by atoms with van der Waals surface area (Å²) in [6.07, 6.45) is 0. The third-order valence-electron chi connectivity index (χ3n) is 4.20. The van der Waals surface area contributed by atoms with Gasteiger partial charge in [-0.25, -0.2) is 4.98 Å². The first-order valence-electron chi connectivity index (χ1n) is 9.53. The van der Waals surface area contributed by atoms with Crippen molar-refractivity contribution in [1.82, 2.24) is 10.3 Å². The number of aromatic nitrogens is 1. The van der Waals surface area contributed by atoms with Gasteiger partial charge in [-0.3, -0.25) is 9.59 Å². The molecule has 0 bridgehead atoms. The van der Waals surface area contributed by atoms with Gasteiger partial charge in [0, 0.05) is 29.2 Å². The number of likely N-dealkylation sites (N-methyl/N-ethyl adjacent to an activating group) is 1. The standard InChI is InChI=1S/C22H23N3O5S/c1-4-23-20(26)12-30-16-7-5-6-15(11-16)24-21(27)17-13-31-22(25-17)14-8-9-18(28-2)19(10-14)29-3/h5-11,13H,4,12H2,1-3H3,(H,23,26)(H,24,27). The molecule has 2 aromatic carbocycles. The molecule has 2 amide bonds. The highest BCUT2D eigenvalue weighted by molar-refractivity contribution is 7.13. The van der Waals surface area contributed by atoms with Gasteiger partial charge in [0.2, 0.25) is 0 Å². The third-order valence-corrected chi connectivity index (χ3v) is 5.09. The van der Waals surface area contributed by atoms with Gasteiger partial charge in [-0.15, -0.1) is 11.3 Å². The maximum atomic E-state index is 12.6. The Hall–Kier alpha value is -3.59. The molecule has 0 aliphatic rings. The number of hydrogen-bond donors (Lipinski definition) is 2. The fourth-order valence-electron chi connectivity index (χ4n) is 2.74. The van der Waals surface area contributed by atoms with E-state index in [0.29, 0.717) is 40.2 Å². The van der Waals surface area contributed by atoms with Gasteiger partial charge in [0.15, 0.2) is 18.1 Å². The first-order valence-corrected chi connectivity index (χ1v) is 10.4. The summed E-state index contributed by atoms with van der Waals surface area (Å²) in [5.74, 6) is 1.14. The molecule has 9 heteroatoms. The average Bonchev–Trinajstić information content (AvgIpc) is 3.28. The molecular weight excluding hydrogens is 418 g/mol. The Bertz CT molecular complexity index is 1070. The highest BCUT2D eigenvalue weighted by Crippen LogP contribution is 2.33. The molecule has 2 N–H and O–H groups in total. The van der Waals surface area contributed by atoms with Crippen LogP contribution in [-0.4, -0.2) is 44.2 Å². The molecule has 162 valence electrons. The van der Waals surface area contributed by atoms with Crippen LogP contribution < -0.4 is 24.8 Å². The number of ether oxygens (including phenoxy) is 3. The van der Waals surface area contributed by atoms with Crippen LogP contribution in [0, 0.1) is 0 Å². The van der Waals surface area contributed by atoms with Gasteiger partial charge in [-0.1, -0.05) is 6.07 Å². The van der Waals surface area contributed by atoms with Crippen LogP contribution in [0.2, 0.25) is 0 Å². The Morgan fingerprint density at radius 3 is 2.61 bits per heavy atom. The maximum Gasteiger partial charge on any atom is 0.275 e. The molecule has 0 saturated carbocycles. The predicted octanol–water partition coefficient (Wildman–Crippen LogP) is 3.59. The summed E-state index contributed by atoms with van der Waals surface area (Å²) in [4.78, 5) is 28.6. The summed E-state index contributed by atoms with van der Waals surface area (Å²) in [5, 5.41) is 7.83. The second kappa shape index (κ2) is 10.4. The number of carbonyl (C=O) groups is 2. The van der Waals surface area contributed by atoms with Gasteiger partial charge in [-0.05, 0) is 37.3 Å². The summed E-state index contributed by atoms with van der Waals surface area (Å²) >= 11 is 1.36. The first kappa shape index (κ1) is 22.1. The lowest BCUT2D eigenvalue weighted by atomic mass is 10.2. The van der Waals surface area contributed by atoms with Crippen LogP contribution in [0.5, 0.6) is 17.2 Å². The summed E-state index contributed by atoms with van der Waals surface area (Å²) in [6, 6.07) is 12.3. The topological polar surface area (TPSA) is 98.8 Å². The number of nitrogens with one attached hydrogen (secondary N) is 2. The molecule has 3 rings (SSSR count). The zero-order chi connectivity index (χ0) is 22.2. The number of amides is 2. The number of methoxy groups -OCH3 is 2. The fraction of sp³-hybridized carbons (Fsp3) is 0.227. The van der Waals surface area contributed by atoms with Crippen molar-refractivity contribution in [3.05, 3.63) is 53.5 Å². The van der Waals surface area contributed by atoms with Crippen molar-refractivity contribution in [2.45, 2.75) is 6.92 Å². The van der Waals surface area contributed by atoms with Crippen LogP contribution in [-0.2, 0) is 4.79 Å². The predicted molar refractivity (Wildman–Crippen MR) is 119 cm³/mol. The van der Waals surface area contributed by atoms with Gasteiger partial charge in [0.25, 0.3) is 11.8 Å². The normalized spacial score (nSPS) is 10.3. The Morgan fingerprint density at radius 1 is 1.06 bits per heavy atom. The molecule has 1 aromatic heterocycles. The number of anilines is 1. The van der Waals surface area contributed by atoms with Crippen LogP contribution in [0.15, 0.2) is 47.8 Å². The van der Waals surface area contributed by atoms with E-state index in [2.05, 4.69) is 15.6 Å². The summed E-state index contributed by atoms with van der Waals surface area (Å²) < 4.78 is 16.0. The minimum Gasteiger partial charge on any atom is -0.493 e. The van der Waals surface area contributed by atoms with Crippen molar-refractivity contribution >= 4 is 28.8 Å². The van der Waals surface area contributed by atoms with Crippen LogP contribution in [0.25, 0.3) is 10.6 Å². The fourth-order valence-corrected chi connectivity index (χ4v) is 3.53. The largest absolute Gasteiger partial charge is 0.493 e. The molecule has 1 heterocycles. The number of rotatable bonds is 9. The van der Waals surface area contributed by atoms with Gasteiger partial charge in [-0.2, -0.15) is 0 Å². The number of hydrogen-bond acceptors (Lipinski definition) is 7. The minimum atomic E-state index is -0.344. The highest BCUT2D eigenvalue weighted by Gasteiger charge is 2.14. The van der Waals surface area contributed by atoms with Gasteiger partial charge in [0.1, 0.15) is 16.5 Å². The van der Waals surface area contributed by atoms with E-state index < -0.39 is 0 Å². The molecule has 0 aliphatic carbocycles. The SMILES string of the molecule is CCNC(=O)COc1cccc(NC(=O)c2csc(-c3ccc(OC)c(OC)c3)n2)c1. The quantitative estimate of drug-likeness (QED) is 0.527. The number of carbonyl (C=O) groups excluding carboxylic acids is 2. The maximum absolute atomic E-state index is 12.6. The van der Waals surface area contributed by atoms with Gasteiger partial charge in [0.05, 0.1) is 14.2 Å². The molecule has 0 unspecified atom stereocenters. The van der Waals surface area contributed by atoms with Crippen molar-refractivity contribution < 1.29 is 23.8 Å². The van der Waals surface area contributed by atoms with Crippen LogP contribution in [0.3, 0.4) is 0 Å². The van der Waals surface area contributed by atoms with Crippen molar-refractivity contribution in [1.29, 1.82) is 0 Å². The van der Waals surface area contributed by atoms with Crippen LogP contribution in [0.4, 0.5) is 5.69 Å². The molecule has 31 heavy (non-hydrogen) atoms. The number of benzene rings is 2. The highest BCUT2D eigenvalue weighted by atomic mass is 32.1. The molecule has 0 spiro atoms. The van der Waals surface area contributed by atoms with E-state index in [1.54, 1.807) is 49.9 Å². The zero-order valence-corrected chi connectivity index (χ0v) is 18.2. The van der Waals surface area contributed by atoms with Gasteiger partial charge >= 0.3 is 0 Å². The van der Waals surface area contributed by atoms with Crippen molar-refractivity contribution in [3.63, 3.8) is 0 Å². The minimum absolute atomic E-state index is 0.0913. The number of nitrogens with zero attached hydrogens (tertiary/aromatic N) is 1. The summed E-state index contributed by atoms with van der Waals surface area (Å²) in [5.41, 5.74) is 1.66. The Kier molecular flexibility index (Phi) is 7.45. The molecule has 0 saturated heterocycles. The van der Waals surface area contributed by atoms with E-state index in [1.165, 1.54) is 11.3 Å². The van der Waals surface area contributed by atoms with Crippen molar-refractivity contribution in [2.75, 3.05) is 32.7 Å². The van der Waals surface area contributed by atoms with Crippen LogP contribution in [0.1, 0.15) is 17.4 Å². The molecule has 3 aromatic rings. The van der Waals surface area contributed by atoms with E-state index in [1.807, 2.05) is 19.1 Å². The molecule has 0 atom stereocenters.